The number of rotatable bonds is 5. The number of carboxylic acid groups (broad SMARTS) is 1. The predicted molar refractivity (Wildman–Crippen MR) is 52.9 cm³/mol. The van der Waals surface area contributed by atoms with Crippen molar-refractivity contribution in [1.29, 1.82) is 0 Å². The standard InChI is InChI=1S/C8H15NO3S/c1-8(2,4-7(11)12)9-6(10)5-13-3/h4-5H2,1-3H3,(H,9,10)(H,11,12). The summed E-state index contributed by atoms with van der Waals surface area (Å²) in [6.07, 6.45) is 1.76. The molecule has 13 heavy (non-hydrogen) atoms. The summed E-state index contributed by atoms with van der Waals surface area (Å²) in [5, 5.41) is 11.2. The van der Waals surface area contributed by atoms with Crippen molar-refractivity contribution in [3.05, 3.63) is 0 Å². The van der Waals surface area contributed by atoms with E-state index in [1.165, 1.54) is 11.8 Å². The molecule has 0 fully saturated rings. The van der Waals surface area contributed by atoms with Gasteiger partial charge in [0.15, 0.2) is 0 Å². The van der Waals surface area contributed by atoms with Gasteiger partial charge in [-0.1, -0.05) is 0 Å². The Morgan fingerprint density at radius 3 is 2.38 bits per heavy atom. The number of carbonyl (C=O) groups is 2. The molecular weight excluding hydrogens is 190 g/mol. The lowest BCUT2D eigenvalue weighted by molar-refractivity contribution is -0.138. The van der Waals surface area contributed by atoms with Crippen LogP contribution in [0.4, 0.5) is 0 Å². The van der Waals surface area contributed by atoms with Crippen LogP contribution in [0.3, 0.4) is 0 Å². The topological polar surface area (TPSA) is 66.4 Å². The van der Waals surface area contributed by atoms with Gasteiger partial charge >= 0.3 is 5.97 Å². The third kappa shape index (κ3) is 6.45. The van der Waals surface area contributed by atoms with Crippen molar-refractivity contribution in [1.82, 2.24) is 5.32 Å². The molecule has 76 valence electrons. The summed E-state index contributed by atoms with van der Waals surface area (Å²) in [6.45, 7) is 3.39. The predicted octanol–water partition coefficient (Wildman–Crippen LogP) is 0.719. The van der Waals surface area contributed by atoms with Crippen molar-refractivity contribution in [2.24, 2.45) is 0 Å². The minimum Gasteiger partial charge on any atom is -0.481 e. The van der Waals surface area contributed by atoms with Crippen LogP contribution < -0.4 is 5.32 Å². The second-order valence-corrected chi connectivity index (χ2v) is 4.30. The molecule has 1 amide bonds. The number of hydrogen-bond acceptors (Lipinski definition) is 3. The molecule has 0 atom stereocenters. The zero-order chi connectivity index (χ0) is 10.5. The number of thioether (sulfide) groups is 1. The molecule has 0 aliphatic heterocycles. The molecule has 0 bridgehead atoms. The molecule has 2 N–H and O–H groups in total. The number of nitrogens with one attached hydrogen (secondary N) is 1. The summed E-state index contributed by atoms with van der Waals surface area (Å²) < 4.78 is 0. The van der Waals surface area contributed by atoms with Crippen molar-refractivity contribution in [3.8, 4) is 0 Å². The highest BCUT2D eigenvalue weighted by Crippen LogP contribution is 2.08. The molecule has 0 aromatic rings. The average molecular weight is 205 g/mol. The Bertz CT molecular complexity index is 204. The normalized spacial score (nSPS) is 11.0. The van der Waals surface area contributed by atoms with Crippen molar-refractivity contribution < 1.29 is 14.7 Å². The zero-order valence-electron chi connectivity index (χ0n) is 8.09. The Morgan fingerprint density at radius 2 is 2.00 bits per heavy atom. The van der Waals surface area contributed by atoms with Gasteiger partial charge in [0.1, 0.15) is 0 Å². The highest BCUT2D eigenvalue weighted by Gasteiger charge is 2.23. The molecule has 0 radical (unpaired) electrons. The smallest absolute Gasteiger partial charge is 0.305 e. The molecule has 0 unspecified atom stereocenters. The first-order valence-corrected chi connectivity index (χ1v) is 5.28. The third-order valence-electron chi connectivity index (χ3n) is 1.35. The Balaban J connectivity index is 4.00. The van der Waals surface area contributed by atoms with Crippen molar-refractivity contribution in [2.45, 2.75) is 25.8 Å². The first-order valence-electron chi connectivity index (χ1n) is 3.89. The fourth-order valence-electron chi connectivity index (χ4n) is 0.967. The molecule has 4 nitrogen and oxygen atoms in total. The van der Waals surface area contributed by atoms with E-state index in [2.05, 4.69) is 5.32 Å². The summed E-state index contributed by atoms with van der Waals surface area (Å²) in [6, 6.07) is 0. The number of aliphatic carboxylic acids is 1. The Kier molecular flexibility index (Phi) is 4.83. The Hall–Kier alpha value is -0.710. The fraction of sp³-hybridized carbons (Fsp3) is 0.750. The van der Waals surface area contributed by atoms with Crippen LogP contribution in [-0.2, 0) is 9.59 Å². The van der Waals surface area contributed by atoms with Gasteiger partial charge in [-0.25, -0.2) is 0 Å². The largest absolute Gasteiger partial charge is 0.481 e. The van der Waals surface area contributed by atoms with Gasteiger partial charge < -0.3 is 10.4 Å². The number of amides is 1. The second-order valence-electron chi connectivity index (χ2n) is 3.44. The molecule has 5 heteroatoms. The molecular formula is C8H15NO3S. The maximum absolute atomic E-state index is 11.1. The first-order chi connectivity index (χ1) is 5.87. The maximum Gasteiger partial charge on any atom is 0.305 e. The van der Waals surface area contributed by atoms with E-state index >= 15 is 0 Å². The van der Waals surface area contributed by atoms with E-state index in [1.54, 1.807) is 13.8 Å². The van der Waals surface area contributed by atoms with Gasteiger partial charge in [0.05, 0.1) is 12.2 Å². The Labute approximate surface area is 82.1 Å². The molecule has 0 heterocycles. The Morgan fingerprint density at radius 1 is 1.46 bits per heavy atom. The van der Waals surface area contributed by atoms with Crippen LogP contribution >= 0.6 is 11.8 Å². The van der Waals surface area contributed by atoms with Gasteiger partial charge in [-0.15, -0.1) is 0 Å². The van der Waals surface area contributed by atoms with Gasteiger partial charge in [0.2, 0.25) is 5.91 Å². The molecule has 0 aliphatic rings. The van der Waals surface area contributed by atoms with E-state index in [1.807, 2.05) is 6.26 Å². The van der Waals surface area contributed by atoms with E-state index in [0.717, 1.165) is 0 Å². The van der Waals surface area contributed by atoms with Crippen LogP contribution in [0.25, 0.3) is 0 Å². The summed E-state index contributed by atoms with van der Waals surface area (Å²) >= 11 is 1.41. The molecule has 0 spiro atoms. The summed E-state index contributed by atoms with van der Waals surface area (Å²) in [5.74, 6) is -0.670. The van der Waals surface area contributed by atoms with Gasteiger partial charge in [-0.3, -0.25) is 9.59 Å². The third-order valence-corrected chi connectivity index (χ3v) is 1.90. The van der Waals surface area contributed by atoms with E-state index in [-0.39, 0.29) is 12.3 Å². The summed E-state index contributed by atoms with van der Waals surface area (Å²) in [7, 11) is 0. The number of carbonyl (C=O) groups excluding carboxylic acids is 1. The molecule has 0 saturated carbocycles. The average Bonchev–Trinajstić information content (AvgIpc) is 1.81. The second kappa shape index (κ2) is 5.11. The molecule has 0 aliphatic carbocycles. The van der Waals surface area contributed by atoms with E-state index in [0.29, 0.717) is 5.75 Å². The van der Waals surface area contributed by atoms with Crippen LogP contribution in [-0.4, -0.2) is 34.5 Å². The molecule has 0 rings (SSSR count). The van der Waals surface area contributed by atoms with E-state index in [9.17, 15) is 9.59 Å². The number of carboxylic acids is 1. The highest BCUT2D eigenvalue weighted by atomic mass is 32.2. The quantitative estimate of drug-likeness (QED) is 0.694. The van der Waals surface area contributed by atoms with Crippen molar-refractivity contribution in [3.63, 3.8) is 0 Å². The van der Waals surface area contributed by atoms with Crippen LogP contribution in [0.5, 0.6) is 0 Å². The lowest BCUT2D eigenvalue weighted by Gasteiger charge is -2.23. The number of hydrogen-bond donors (Lipinski definition) is 2. The molecule has 0 aromatic carbocycles. The van der Waals surface area contributed by atoms with Crippen molar-refractivity contribution in [2.75, 3.05) is 12.0 Å². The van der Waals surface area contributed by atoms with Crippen molar-refractivity contribution >= 4 is 23.6 Å². The first kappa shape index (κ1) is 12.3. The van der Waals surface area contributed by atoms with Crippen LogP contribution in [0.2, 0.25) is 0 Å². The van der Waals surface area contributed by atoms with Crippen LogP contribution in [0, 0.1) is 0 Å². The minimum absolute atomic E-state index is 0.0624. The maximum atomic E-state index is 11.1. The highest BCUT2D eigenvalue weighted by molar-refractivity contribution is 7.99. The fourth-order valence-corrected chi connectivity index (χ4v) is 1.30. The SMILES string of the molecule is CSCC(=O)NC(C)(C)CC(=O)O. The van der Waals surface area contributed by atoms with E-state index in [4.69, 9.17) is 5.11 Å². The van der Waals surface area contributed by atoms with Gasteiger partial charge in [0, 0.05) is 5.54 Å². The van der Waals surface area contributed by atoms with E-state index < -0.39 is 11.5 Å². The zero-order valence-corrected chi connectivity index (χ0v) is 8.90. The summed E-state index contributed by atoms with van der Waals surface area (Å²) in [4.78, 5) is 21.5. The van der Waals surface area contributed by atoms with Gasteiger partial charge in [-0.05, 0) is 20.1 Å². The lowest BCUT2D eigenvalue weighted by Crippen LogP contribution is -2.45. The van der Waals surface area contributed by atoms with Gasteiger partial charge in [-0.2, -0.15) is 11.8 Å². The lowest BCUT2D eigenvalue weighted by atomic mass is 10.0. The minimum atomic E-state index is -0.908. The van der Waals surface area contributed by atoms with Crippen LogP contribution in [0.1, 0.15) is 20.3 Å². The molecule has 0 saturated heterocycles. The van der Waals surface area contributed by atoms with Crippen LogP contribution in [0.15, 0.2) is 0 Å². The van der Waals surface area contributed by atoms with Gasteiger partial charge in [0.25, 0.3) is 0 Å². The monoisotopic (exact) mass is 205 g/mol. The summed E-state index contributed by atoms with van der Waals surface area (Å²) in [5.41, 5.74) is -0.668. The molecule has 0 aromatic heterocycles.